The molecule has 1 spiro atoms. The van der Waals surface area contributed by atoms with Crippen LogP contribution in [0.2, 0.25) is 5.15 Å². The molecular formula is C16H27ClN4. The van der Waals surface area contributed by atoms with E-state index in [2.05, 4.69) is 29.2 Å². The minimum Gasteiger partial charge on any atom is -0.308 e. The fourth-order valence-corrected chi connectivity index (χ4v) is 4.30. The highest BCUT2D eigenvalue weighted by Gasteiger charge is 2.40. The van der Waals surface area contributed by atoms with Gasteiger partial charge in [0.05, 0.1) is 5.69 Å². The minimum atomic E-state index is 0.355. The molecular weight excluding hydrogens is 284 g/mol. The van der Waals surface area contributed by atoms with Gasteiger partial charge in [0.15, 0.2) is 0 Å². The van der Waals surface area contributed by atoms with E-state index in [1.807, 2.05) is 7.05 Å². The molecule has 2 aliphatic rings. The maximum absolute atomic E-state index is 6.43. The van der Waals surface area contributed by atoms with E-state index in [-0.39, 0.29) is 0 Å². The molecule has 1 N–H and O–H groups in total. The van der Waals surface area contributed by atoms with Crippen molar-refractivity contribution in [2.24, 2.45) is 7.05 Å². The van der Waals surface area contributed by atoms with Crippen molar-refractivity contribution < 1.29 is 0 Å². The Morgan fingerprint density at radius 3 is 2.67 bits per heavy atom. The van der Waals surface area contributed by atoms with Gasteiger partial charge in [0.1, 0.15) is 5.15 Å². The summed E-state index contributed by atoms with van der Waals surface area (Å²) in [5, 5.41) is 9.10. The molecule has 0 bridgehead atoms. The molecule has 2 heterocycles. The molecule has 4 nitrogen and oxygen atoms in total. The molecule has 2 fully saturated rings. The zero-order chi connectivity index (χ0) is 15.0. The van der Waals surface area contributed by atoms with Crippen molar-refractivity contribution in [1.29, 1.82) is 0 Å². The fraction of sp³-hybridized carbons (Fsp3) is 0.812. The van der Waals surface area contributed by atoms with E-state index in [9.17, 15) is 0 Å². The number of hydrogen-bond donors (Lipinski definition) is 1. The van der Waals surface area contributed by atoms with E-state index in [4.69, 9.17) is 11.6 Å². The average Bonchev–Trinajstić information content (AvgIpc) is 3.00. The summed E-state index contributed by atoms with van der Waals surface area (Å²) in [5.41, 5.74) is 2.62. The lowest BCUT2D eigenvalue weighted by atomic mass is 9.91. The molecule has 1 aliphatic heterocycles. The van der Waals surface area contributed by atoms with E-state index in [0.717, 1.165) is 30.5 Å². The molecule has 0 aromatic carbocycles. The number of nitrogens with zero attached hydrogens (tertiary/aromatic N) is 3. The van der Waals surface area contributed by atoms with Gasteiger partial charge in [-0.15, -0.1) is 0 Å². The Kier molecular flexibility index (Phi) is 4.30. The van der Waals surface area contributed by atoms with Crippen molar-refractivity contribution in [3.05, 3.63) is 16.4 Å². The predicted octanol–water partition coefficient (Wildman–Crippen LogP) is 2.88. The van der Waals surface area contributed by atoms with Crippen LogP contribution in [0.3, 0.4) is 0 Å². The highest BCUT2D eigenvalue weighted by Crippen LogP contribution is 2.34. The monoisotopic (exact) mass is 310 g/mol. The second kappa shape index (κ2) is 5.90. The Bertz CT molecular complexity index is 505. The van der Waals surface area contributed by atoms with Gasteiger partial charge < -0.3 is 5.32 Å². The van der Waals surface area contributed by atoms with Gasteiger partial charge in [0, 0.05) is 43.8 Å². The SMILES string of the molecule is CCC1CNC2(CCCC2)CN1Cc1c(C)nn(C)c1Cl. The summed E-state index contributed by atoms with van der Waals surface area (Å²) in [6.45, 7) is 7.53. The zero-order valence-electron chi connectivity index (χ0n) is 13.5. The van der Waals surface area contributed by atoms with Crippen molar-refractivity contribution in [3.63, 3.8) is 0 Å². The molecule has 1 unspecified atom stereocenters. The third kappa shape index (κ3) is 2.86. The van der Waals surface area contributed by atoms with Crippen LogP contribution in [-0.2, 0) is 13.6 Å². The summed E-state index contributed by atoms with van der Waals surface area (Å²) < 4.78 is 1.79. The predicted molar refractivity (Wildman–Crippen MR) is 86.6 cm³/mol. The maximum Gasteiger partial charge on any atom is 0.131 e. The van der Waals surface area contributed by atoms with Gasteiger partial charge in [0.2, 0.25) is 0 Å². The Morgan fingerprint density at radius 1 is 1.38 bits per heavy atom. The maximum atomic E-state index is 6.43. The lowest BCUT2D eigenvalue weighted by Gasteiger charge is -2.46. The number of aryl methyl sites for hydroxylation is 2. The van der Waals surface area contributed by atoms with Crippen molar-refractivity contribution >= 4 is 11.6 Å². The van der Waals surface area contributed by atoms with E-state index < -0.39 is 0 Å². The van der Waals surface area contributed by atoms with Gasteiger partial charge in [-0.2, -0.15) is 5.10 Å². The van der Waals surface area contributed by atoms with Crippen LogP contribution in [0.1, 0.15) is 50.3 Å². The van der Waals surface area contributed by atoms with Crippen molar-refractivity contribution in [2.45, 2.75) is 64.1 Å². The molecule has 1 aliphatic carbocycles. The molecule has 0 radical (unpaired) electrons. The second-order valence-electron chi connectivity index (χ2n) is 6.81. The van der Waals surface area contributed by atoms with Crippen molar-refractivity contribution in [2.75, 3.05) is 13.1 Å². The lowest BCUT2D eigenvalue weighted by molar-refractivity contribution is 0.0717. The number of aromatic nitrogens is 2. The van der Waals surface area contributed by atoms with Crippen LogP contribution in [0.15, 0.2) is 0 Å². The molecule has 1 saturated carbocycles. The molecule has 118 valence electrons. The number of rotatable bonds is 3. The van der Waals surface area contributed by atoms with Crippen LogP contribution in [0, 0.1) is 6.92 Å². The van der Waals surface area contributed by atoms with Gasteiger partial charge in [-0.3, -0.25) is 9.58 Å². The summed E-state index contributed by atoms with van der Waals surface area (Å²) in [6, 6.07) is 0.604. The normalized spacial score (nSPS) is 25.8. The van der Waals surface area contributed by atoms with Crippen LogP contribution < -0.4 is 5.32 Å². The van der Waals surface area contributed by atoms with E-state index in [1.165, 1.54) is 37.7 Å². The van der Waals surface area contributed by atoms with Crippen molar-refractivity contribution in [1.82, 2.24) is 20.0 Å². The Morgan fingerprint density at radius 2 is 2.10 bits per heavy atom. The van der Waals surface area contributed by atoms with Crippen LogP contribution in [-0.4, -0.2) is 39.4 Å². The lowest BCUT2D eigenvalue weighted by Crippen LogP contribution is -2.62. The molecule has 1 atom stereocenters. The first kappa shape index (κ1) is 15.3. The number of nitrogens with one attached hydrogen (secondary N) is 1. The average molecular weight is 311 g/mol. The third-order valence-corrected chi connectivity index (χ3v) is 5.87. The number of hydrogen-bond acceptors (Lipinski definition) is 3. The molecule has 21 heavy (non-hydrogen) atoms. The van der Waals surface area contributed by atoms with Crippen LogP contribution in [0.4, 0.5) is 0 Å². The summed E-state index contributed by atoms with van der Waals surface area (Å²) in [5.74, 6) is 0. The van der Waals surface area contributed by atoms with Gasteiger partial charge in [-0.1, -0.05) is 31.4 Å². The Hall–Kier alpha value is -0.580. The van der Waals surface area contributed by atoms with Gasteiger partial charge in [-0.25, -0.2) is 0 Å². The smallest absolute Gasteiger partial charge is 0.131 e. The number of piperazine rings is 1. The van der Waals surface area contributed by atoms with Crippen LogP contribution >= 0.6 is 11.6 Å². The third-order valence-electron chi connectivity index (χ3n) is 5.40. The van der Waals surface area contributed by atoms with Gasteiger partial charge in [0.25, 0.3) is 0 Å². The topological polar surface area (TPSA) is 33.1 Å². The Balaban J connectivity index is 1.80. The zero-order valence-corrected chi connectivity index (χ0v) is 14.2. The minimum absolute atomic E-state index is 0.355. The van der Waals surface area contributed by atoms with E-state index in [0.29, 0.717) is 11.6 Å². The highest BCUT2D eigenvalue weighted by molar-refractivity contribution is 6.30. The molecule has 1 aromatic rings. The second-order valence-corrected chi connectivity index (χ2v) is 7.17. The summed E-state index contributed by atoms with van der Waals surface area (Å²) in [4.78, 5) is 2.64. The van der Waals surface area contributed by atoms with E-state index >= 15 is 0 Å². The summed E-state index contributed by atoms with van der Waals surface area (Å²) >= 11 is 6.43. The molecule has 0 amide bonds. The van der Waals surface area contributed by atoms with Crippen molar-refractivity contribution in [3.8, 4) is 0 Å². The Labute approximate surface area is 132 Å². The van der Waals surface area contributed by atoms with Crippen LogP contribution in [0.25, 0.3) is 0 Å². The molecule has 1 saturated heterocycles. The first-order valence-corrected chi connectivity index (χ1v) is 8.59. The summed E-state index contributed by atoms with van der Waals surface area (Å²) in [7, 11) is 1.92. The quantitative estimate of drug-likeness (QED) is 0.932. The van der Waals surface area contributed by atoms with Gasteiger partial charge in [-0.05, 0) is 26.2 Å². The summed E-state index contributed by atoms with van der Waals surface area (Å²) in [6.07, 6.45) is 6.55. The fourth-order valence-electron chi connectivity index (χ4n) is 4.07. The molecule has 5 heteroatoms. The van der Waals surface area contributed by atoms with Crippen LogP contribution in [0.5, 0.6) is 0 Å². The number of halogens is 1. The van der Waals surface area contributed by atoms with Gasteiger partial charge >= 0.3 is 0 Å². The molecule has 1 aromatic heterocycles. The first-order valence-electron chi connectivity index (χ1n) is 8.22. The standard InChI is InChI=1S/C16H27ClN4/c1-4-13-9-18-16(7-5-6-8-16)11-21(13)10-14-12(2)19-20(3)15(14)17/h13,18H,4-11H2,1-3H3. The molecule has 3 rings (SSSR count). The largest absolute Gasteiger partial charge is 0.308 e. The van der Waals surface area contributed by atoms with E-state index in [1.54, 1.807) is 4.68 Å². The highest BCUT2D eigenvalue weighted by atomic mass is 35.5. The first-order chi connectivity index (χ1) is 10.0.